The number of benzene rings is 1. The van der Waals surface area contributed by atoms with Crippen LogP contribution >= 0.6 is 0 Å². The monoisotopic (exact) mass is 350 g/mol. The van der Waals surface area contributed by atoms with E-state index in [0.29, 0.717) is 18.4 Å². The Labute approximate surface area is 150 Å². The van der Waals surface area contributed by atoms with E-state index in [1.807, 2.05) is 30.3 Å². The van der Waals surface area contributed by atoms with Gasteiger partial charge in [0.25, 0.3) is 5.91 Å². The molecule has 7 heteroatoms. The number of aryl methyl sites for hydroxylation is 1. The van der Waals surface area contributed by atoms with Crippen LogP contribution in [0.5, 0.6) is 5.88 Å². The molecule has 0 saturated carbocycles. The van der Waals surface area contributed by atoms with Crippen LogP contribution in [-0.4, -0.2) is 21.0 Å². The summed E-state index contributed by atoms with van der Waals surface area (Å²) in [5.41, 5.74) is 3.15. The van der Waals surface area contributed by atoms with Crippen LogP contribution in [0.2, 0.25) is 0 Å². The van der Waals surface area contributed by atoms with Gasteiger partial charge in [0.15, 0.2) is 0 Å². The molecule has 3 aromatic rings. The normalized spacial score (nSPS) is 13.1. The highest BCUT2D eigenvalue weighted by Crippen LogP contribution is 2.27. The van der Waals surface area contributed by atoms with Gasteiger partial charge in [-0.25, -0.2) is 9.97 Å². The zero-order valence-corrected chi connectivity index (χ0v) is 14.1. The lowest BCUT2D eigenvalue weighted by atomic mass is 9.98. The lowest BCUT2D eigenvalue weighted by Crippen LogP contribution is -2.15. The third kappa shape index (κ3) is 3.56. The third-order valence-electron chi connectivity index (χ3n) is 4.29. The SMILES string of the molecule is O=C(Nc1onc2c1CCCC2)c1cc(OCc2ccccc2)ncn1. The van der Waals surface area contributed by atoms with Crippen molar-refractivity contribution < 1.29 is 14.1 Å². The van der Waals surface area contributed by atoms with Gasteiger partial charge in [-0.15, -0.1) is 0 Å². The van der Waals surface area contributed by atoms with Crippen molar-refractivity contribution in [1.82, 2.24) is 15.1 Å². The Morgan fingerprint density at radius 3 is 2.88 bits per heavy atom. The molecule has 0 spiro atoms. The molecule has 1 aliphatic carbocycles. The Hall–Kier alpha value is -3.22. The van der Waals surface area contributed by atoms with Gasteiger partial charge in [-0.2, -0.15) is 0 Å². The number of amides is 1. The third-order valence-corrected chi connectivity index (χ3v) is 4.29. The highest BCUT2D eigenvalue weighted by Gasteiger charge is 2.21. The summed E-state index contributed by atoms with van der Waals surface area (Å²) in [5, 5.41) is 6.79. The van der Waals surface area contributed by atoms with Crippen molar-refractivity contribution >= 4 is 11.8 Å². The van der Waals surface area contributed by atoms with E-state index in [1.54, 1.807) is 0 Å². The maximum absolute atomic E-state index is 12.5. The summed E-state index contributed by atoms with van der Waals surface area (Å²) < 4.78 is 10.9. The average Bonchev–Trinajstić information content (AvgIpc) is 3.10. The first-order valence-corrected chi connectivity index (χ1v) is 8.57. The van der Waals surface area contributed by atoms with E-state index in [2.05, 4.69) is 20.4 Å². The van der Waals surface area contributed by atoms with E-state index in [-0.39, 0.29) is 11.6 Å². The minimum Gasteiger partial charge on any atom is -0.473 e. The molecular weight excluding hydrogens is 332 g/mol. The molecule has 4 rings (SSSR count). The van der Waals surface area contributed by atoms with E-state index >= 15 is 0 Å². The minimum atomic E-state index is -0.374. The van der Waals surface area contributed by atoms with Crippen LogP contribution in [0.4, 0.5) is 5.88 Å². The maximum atomic E-state index is 12.5. The zero-order chi connectivity index (χ0) is 17.8. The Bertz CT molecular complexity index is 908. The summed E-state index contributed by atoms with van der Waals surface area (Å²) in [6, 6.07) is 11.3. The summed E-state index contributed by atoms with van der Waals surface area (Å²) >= 11 is 0. The summed E-state index contributed by atoms with van der Waals surface area (Å²) in [5.74, 6) is 0.380. The van der Waals surface area contributed by atoms with Gasteiger partial charge in [0.2, 0.25) is 11.8 Å². The molecule has 1 amide bonds. The molecule has 1 aliphatic rings. The van der Waals surface area contributed by atoms with Gasteiger partial charge in [0.05, 0.1) is 5.69 Å². The molecule has 26 heavy (non-hydrogen) atoms. The average molecular weight is 350 g/mol. The van der Waals surface area contributed by atoms with Crippen molar-refractivity contribution in [2.45, 2.75) is 32.3 Å². The van der Waals surface area contributed by atoms with Gasteiger partial charge >= 0.3 is 0 Å². The number of hydrogen-bond acceptors (Lipinski definition) is 6. The molecular formula is C19H18N4O3. The Morgan fingerprint density at radius 2 is 2.00 bits per heavy atom. The van der Waals surface area contributed by atoms with Crippen LogP contribution in [0.15, 0.2) is 47.2 Å². The molecule has 0 fully saturated rings. The van der Waals surface area contributed by atoms with E-state index in [9.17, 15) is 4.79 Å². The Morgan fingerprint density at radius 1 is 1.15 bits per heavy atom. The van der Waals surface area contributed by atoms with Crippen molar-refractivity contribution in [2.75, 3.05) is 5.32 Å². The smallest absolute Gasteiger partial charge is 0.276 e. The van der Waals surface area contributed by atoms with E-state index < -0.39 is 0 Å². The lowest BCUT2D eigenvalue weighted by Gasteiger charge is -2.09. The highest BCUT2D eigenvalue weighted by atomic mass is 16.5. The quantitative estimate of drug-likeness (QED) is 0.760. The molecule has 1 N–H and O–H groups in total. The molecule has 0 aliphatic heterocycles. The van der Waals surface area contributed by atoms with Crippen molar-refractivity contribution in [1.29, 1.82) is 0 Å². The largest absolute Gasteiger partial charge is 0.473 e. The zero-order valence-electron chi connectivity index (χ0n) is 14.1. The first-order valence-electron chi connectivity index (χ1n) is 8.57. The fourth-order valence-electron chi connectivity index (χ4n) is 2.93. The number of rotatable bonds is 5. The summed E-state index contributed by atoms with van der Waals surface area (Å²) in [4.78, 5) is 20.6. The van der Waals surface area contributed by atoms with Crippen LogP contribution in [0.25, 0.3) is 0 Å². The molecule has 2 aromatic heterocycles. The van der Waals surface area contributed by atoms with Gasteiger partial charge in [0, 0.05) is 11.6 Å². The second-order valence-corrected chi connectivity index (χ2v) is 6.11. The summed E-state index contributed by atoms with van der Waals surface area (Å²) in [6.45, 7) is 0.370. The minimum absolute atomic E-state index is 0.212. The number of aromatic nitrogens is 3. The second kappa shape index (κ2) is 7.35. The number of nitrogens with one attached hydrogen (secondary N) is 1. The second-order valence-electron chi connectivity index (χ2n) is 6.11. The number of ether oxygens (including phenoxy) is 1. The molecule has 7 nitrogen and oxygen atoms in total. The van der Waals surface area contributed by atoms with Crippen LogP contribution in [-0.2, 0) is 19.4 Å². The van der Waals surface area contributed by atoms with Crippen molar-refractivity contribution in [3.8, 4) is 5.88 Å². The number of fused-ring (bicyclic) bond motifs is 1. The Balaban J connectivity index is 1.44. The predicted molar refractivity (Wildman–Crippen MR) is 93.9 cm³/mol. The van der Waals surface area contributed by atoms with Crippen LogP contribution in [0, 0.1) is 0 Å². The fraction of sp³-hybridized carbons (Fsp3) is 0.263. The van der Waals surface area contributed by atoms with E-state index in [4.69, 9.17) is 9.26 Å². The highest BCUT2D eigenvalue weighted by molar-refractivity contribution is 6.02. The molecule has 2 heterocycles. The molecule has 0 radical (unpaired) electrons. The van der Waals surface area contributed by atoms with E-state index in [0.717, 1.165) is 42.5 Å². The molecule has 0 atom stereocenters. The predicted octanol–water partition coefficient (Wildman–Crippen LogP) is 3.17. The number of hydrogen-bond donors (Lipinski definition) is 1. The number of nitrogens with zero attached hydrogens (tertiary/aromatic N) is 3. The van der Waals surface area contributed by atoms with Gasteiger partial charge < -0.3 is 9.26 Å². The van der Waals surface area contributed by atoms with Gasteiger partial charge in [0.1, 0.15) is 18.6 Å². The molecule has 132 valence electrons. The van der Waals surface area contributed by atoms with Crippen molar-refractivity contribution in [2.24, 2.45) is 0 Å². The van der Waals surface area contributed by atoms with Crippen molar-refractivity contribution in [3.05, 3.63) is 65.2 Å². The number of carbonyl (C=O) groups excluding carboxylic acids is 1. The van der Waals surface area contributed by atoms with E-state index in [1.165, 1.54) is 12.4 Å². The summed E-state index contributed by atoms with van der Waals surface area (Å²) in [6.07, 6.45) is 5.23. The van der Waals surface area contributed by atoms with Crippen LogP contribution in [0.3, 0.4) is 0 Å². The lowest BCUT2D eigenvalue weighted by molar-refractivity contribution is 0.101. The molecule has 0 unspecified atom stereocenters. The fourth-order valence-corrected chi connectivity index (χ4v) is 2.93. The maximum Gasteiger partial charge on any atom is 0.276 e. The molecule has 1 aromatic carbocycles. The van der Waals surface area contributed by atoms with Gasteiger partial charge in [-0.3, -0.25) is 10.1 Å². The number of carbonyl (C=O) groups is 1. The molecule has 0 bridgehead atoms. The van der Waals surface area contributed by atoms with Crippen molar-refractivity contribution in [3.63, 3.8) is 0 Å². The topological polar surface area (TPSA) is 90.1 Å². The van der Waals surface area contributed by atoms with Gasteiger partial charge in [-0.1, -0.05) is 35.5 Å². The standard InChI is InChI=1S/C19H18N4O3/c24-18(22-19-14-8-4-5-9-15(14)23-26-19)16-10-17(21-12-20-16)25-11-13-6-2-1-3-7-13/h1-3,6-7,10,12H,4-5,8-9,11H2,(H,22,24). The van der Waals surface area contributed by atoms with Crippen LogP contribution in [0.1, 0.15) is 40.2 Å². The van der Waals surface area contributed by atoms with Crippen LogP contribution < -0.4 is 10.1 Å². The Kier molecular flexibility index (Phi) is 4.59. The number of anilines is 1. The first kappa shape index (κ1) is 16.3. The first-order chi connectivity index (χ1) is 12.8. The van der Waals surface area contributed by atoms with Gasteiger partial charge in [-0.05, 0) is 31.2 Å². The molecule has 0 saturated heterocycles. The summed E-state index contributed by atoms with van der Waals surface area (Å²) in [7, 11) is 0.